The van der Waals surface area contributed by atoms with Crippen LogP contribution in [0.3, 0.4) is 0 Å². The molecule has 7 heteroatoms. The smallest absolute Gasteiger partial charge is 0.264 e. The van der Waals surface area contributed by atoms with Gasteiger partial charge in [-0.15, -0.1) is 0 Å². The van der Waals surface area contributed by atoms with E-state index in [0.717, 1.165) is 6.26 Å². The van der Waals surface area contributed by atoms with Gasteiger partial charge in [-0.1, -0.05) is 23.9 Å². The SMILES string of the molecule is CSc1nc2c(COS(C)(=O)=O)cccc2o1. The first kappa shape index (κ1) is 12.4. The summed E-state index contributed by atoms with van der Waals surface area (Å²) in [5, 5.41) is 0.548. The summed E-state index contributed by atoms with van der Waals surface area (Å²) in [6, 6.07) is 5.32. The van der Waals surface area contributed by atoms with E-state index < -0.39 is 10.1 Å². The molecule has 0 amide bonds. The average molecular weight is 273 g/mol. The van der Waals surface area contributed by atoms with Crippen LogP contribution < -0.4 is 0 Å². The monoisotopic (exact) mass is 273 g/mol. The zero-order valence-corrected chi connectivity index (χ0v) is 11.0. The van der Waals surface area contributed by atoms with Crippen LogP contribution in [0.2, 0.25) is 0 Å². The number of thioether (sulfide) groups is 1. The quantitative estimate of drug-likeness (QED) is 0.627. The molecule has 0 fully saturated rings. The molecular formula is C10H11NO4S2. The van der Waals surface area contributed by atoms with Crippen molar-refractivity contribution in [3.8, 4) is 0 Å². The van der Waals surface area contributed by atoms with E-state index in [1.807, 2.05) is 6.26 Å². The number of aromatic nitrogens is 1. The molecule has 0 saturated carbocycles. The van der Waals surface area contributed by atoms with Crippen LogP contribution in [0.1, 0.15) is 5.56 Å². The fourth-order valence-electron chi connectivity index (χ4n) is 1.36. The van der Waals surface area contributed by atoms with E-state index in [-0.39, 0.29) is 6.61 Å². The highest BCUT2D eigenvalue weighted by atomic mass is 32.2. The minimum absolute atomic E-state index is 0.0312. The largest absolute Gasteiger partial charge is 0.431 e. The molecule has 2 aromatic rings. The fourth-order valence-corrected chi connectivity index (χ4v) is 2.06. The molecule has 0 unspecified atom stereocenters. The first-order chi connectivity index (χ1) is 7.99. The molecule has 1 aromatic carbocycles. The van der Waals surface area contributed by atoms with Crippen molar-refractivity contribution in [3.63, 3.8) is 0 Å². The first-order valence-corrected chi connectivity index (χ1v) is 7.80. The maximum atomic E-state index is 10.9. The Bertz CT molecular complexity index is 633. The van der Waals surface area contributed by atoms with Gasteiger partial charge < -0.3 is 4.42 Å². The van der Waals surface area contributed by atoms with E-state index in [1.54, 1.807) is 18.2 Å². The fraction of sp³-hybridized carbons (Fsp3) is 0.300. The van der Waals surface area contributed by atoms with E-state index >= 15 is 0 Å². The highest BCUT2D eigenvalue weighted by Crippen LogP contribution is 2.24. The average Bonchev–Trinajstić information content (AvgIpc) is 2.68. The highest BCUT2D eigenvalue weighted by Gasteiger charge is 2.11. The van der Waals surface area contributed by atoms with Crippen molar-refractivity contribution in [2.24, 2.45) is 0 Å². The molecular weight excluding hydrogens is 262 g/mol. The predicted octanol–water partition coefficient (Wildman–Crippen LogP) is 2.03. The van der Waals surface area contributed by atoms with E-state index in [4.69, 9.17) is 8.60 Å². The van der Waals surface area contributed by atoms with Gasteiger partial charge in [0.15, 0.2) is 5.58 Å². The van der Waals surface area contributed by atoms with Crippen molar-refractivity contribution >= 4 is 33.0 Å². The van der Waals surface area contributed by atoms with Gasteiger partial charge in [-0.2, -0.15) is 8.42 Å². The zero-order valence-electron chi connectivity index (χ0n) is 9.34. The maximum Gasteiger partial charge on any atom is 0.264 e. The van der Waals surface area contributed by atoms with Crippen molar-refractivity contribution in [3.05, 3.63) is 23.8 Å². The number of para-hydroxylation sites is 1. The minimum atomic E-state index is -3.45. The lowest BCUT2D eigenvalue weighted by Gasteiger charge is -2.01. The lowest BCUT2D eigenvalue weighted by Crippen LogP contribution is -2.02. The van der Waals surface area contributed by atoms with Gasteiger partial charge in [0.05, 0.1) is 12.9 Å². The summed E-state index contributed by atoms with van der Waals surface area (Å²) in [6.07, 6.45) is 2.88. The van der Waals surface area contributed by atoms with Crippen molar-refractivity contribution in [2.45, 2.75) is 11.8 Å². The molecule has 0 atom stereocenters. The van der Waals surface area contributed by atoms with Crippen molar-refractivity contribution in [1.82, 2.24) is 4.98 Å². The molecule has 0 N–H and O–H groups in total. The molecule has 5 nitrogen and oxygen atoms in total. The van der Waals surface area contributed by atoms with Crippen LogP contribution in [0, 0.1) is 0 Å². The second kappa shape index (κ2) is 4.67. The number of hydrogen-bond donors (Lipinski definition) is 0. The third kappa shape index (κ3) is 2.99. The molecule has 17 heavy (non-hydrogen) atoms. The van der Waals surface area contributed by atoms with Gasteiger partial charge in [0.25, 0.3) is 15.3 Å². The van der Waals surface area contributed by atoms with Crippen LogP contribution >= 0.6 is 11.8 Å². The highest BCUT2D eigenvalue weighted by molar-refractivity contribution is 7.98. The Morgan fingerprint density at radius 1 is 1.47 bits per heavy atom. The molecule has 1 heterocycles. The number of oxazole rings is 1. The summed E-state index contributed by atoms with van der Waals surface area (Å²) >= 11 is 1.39. The second-order valence-electron chi connectivity index (χ2n) is 3.41. The van der Waals surface area contributed by atoms with Crippen molar-refractivity contribution in [1.29, 1.82) is 0 Å². The van der Waals surface area contributed by atoms with Crippen LogP contribution in [0.15, 0.2) is 27.8 Å². The van der Waals surface area contributed by atoms with Crippen molar-refractivity contribution in [2.75, 3.05) is 12.5 Å². The Morgan fingerprint density at radius 3 is 2.88 bits per heavy atom. The van der Waals surface area contributed by atoms with Crippen molar-refractivity contribution < 1.29 is 17.0 Å². The standard InChI is InChI=1S/C10H11NO4S2/c1-16-10-11-9-7(6-14-17(2,12)13)4-3-5-8(9)15-10/h3-5H,6H2,1-2H3. The normalized spacial score (nSPS) is 12.1. The van der Waals surface area contributed by atoms with Gasteiger partial charge in [0, 0.05) is 5.56 Å². The molecule has 0 radical (unpaired) electrons. The number of rotatable bonds is 4. The van der Waals surface area contributed by atoms with Crippen LogP contribution in [0.25, 0.3) is 11.1 Å². The van der Waals surface area contributed by atoms with E-state index in [0.29, 0.717) is 21.9 Å². The Kier molecular flexibility index (Phi) is 3.41. The molecule has 0 aliphatic carbocycles. The first-order valence-electron chi connectivity index (χ1n) is 4.76. The van der Waals surface area contributed by atoms with Gasteiger partial charge in [0.2, 0.25) is 0 Å². The molecule has 1 aromatic heterocycles. The molecule has 0 spiro atoms. The van der Waals surface area contributed by atoms with E-state index in [2.05, 4.69) is 4.98 Å². The number of hydrogen-bond acceptors (Lipinski definition) is 6. The molecule has 92 valence electrons. The predicted molar refractivity (Wildman–Crippen MR) is 65.4 cm³/mol. The molecule has 0 aliphatic rings. The second-order valence-corrected chi connectivity index (χ2v) is 5.82. The molecule has 0 saturated heterocycles. The number of fused-ring (bicyclic) bond motifs is 1. The summed E-state index contributed by atoms with van der Waals surface area (Å²) in [6.45, 7) is -0.0312. The minimum Gasteiger partial charge on any atom is -0.431 e. The summed E-state index contributed by atoms with van der Waals surface area (Å²) in [4.78, 5) is 4.25. The van der Waals surface area contributed by atoms with Crippen LogP contribution in [0.4, 0.5) is 0 Å². The Balaban J connectivity index is 2.36. The third-order valence-corrected chi connectivity index (χ3v) is 3.16. The Morgan fingerprint density at radius 2 is 2.24 bits per heavy atom. The van der Waals surface area contributed by atoms with Gasteiger partial charge >= 0.3 is 0 Å². The van der Waals surface area contributed by atoms with Gasteiger partial charge in [-0.3, -0.25) is 4.18 Å². The van der Waals surface area contributed by atoms with Gasteiger partial charge in [-0.05, 0) is 12.3 Å². The lowest BCUT2D eigenvalue weighted by molar-refractivity contribution is 0.313. The maximum absolute atomic E-state index is 10.9. The molecule has 2 rings (SSSR count). The summed E-state index contributed by atoms with van der Waals surface area (Å²) < 4.78 is 32.1. The number of nitrogens with zero attached hydrogens (tertiary/aromatic N) is 1. The zero-order chi connectivity index (χ0) is 12.5. The van der Waals surface area contributed by atoms with Gasteiger partial charge in [0.1, 0.15) is 5.52 Å². The summed E-state index contributed by atoms with van der Waals surface area (Å²) in [7, 11) is -3.45. The Labute approximate surface area is 103 Å². The molecule has 0 aliphatic heterocycles. The topological polar surface area (TPSA) is 69.4 Å². The van der Waals surface area contributed by atoms with E-state index in [9.17, 15) is 8.42 Å². The Hall–Kier alpha value is -1.05. The summed E-state index contributed by atoms with van der Waals surface area (Å²) in [5.74, 6) is 0. The van der Waals surface area contributed by atoms with Gasteiger partial charge in [-0.25, -0.2) is 4.98 Å². The van der Waals surface area contributed by atoms with Crippen LogP contribution in [-0.2, 0) is 20.9 Å². The summed E-state index contributed by atoms with van der Waals surface area (Å²) in [5.41, 5.74) is 1.96. The van der Waals surface area contributed by atoms with E-state index in [1.165, 1.54) is 11.8 Å². The molecule has 0 bridgehead atoms. The number of benzene rings is 1. The third-order valence-electron chi connectivity index (χ3n) is 2.09. The van der Waals surface area contributed by atoms with Crippen LogP contribution in [0.5, 0.6) is 0 Å². The lowest BCUT2D eigenvalue weighted by atomic mass is 10.2. The van der Waals surface area contributed by atoms with Crippen LogP contribution in [-0.4, -0.2) is 25.9 Å².